The van der Waals surface area contributed by atoms with Gasteiger partial charge in [0, 0.05) is 30.7 Å². The third kappa shape index (κ3) is 13.9. The summed E-state index contributed by atoms with van der Waals surface area (Å²) in [6.45, 7) is 0.723. The molecule has 1 fully saturated rings. The summed E-state index contributed by atoms with van der Waals surface area (Å²) in [7, 11) is -16.3. The zero-order chi connectivity index (χ0) is 36.1. The number of nitrogens with one attached hydrogen (secondary N) is 2. The molecule has 51 heavy (non-hydrogen) atoms. The minimum absolute atomic E-state index is 0. The molecule has 1 aliphatic heterocycles. The largest absolute Gasteiger partial charge is 0.481 e. The highest BCUT2D eigenvalue weighted by atomic mass is 32.1. The number of phosphoric ester groups is 3. The third-order valence-electron chi connectivity index (χ3n) is 6.51. The summed E-state index contributed by atoms with van der Waals surface area (Å²) in [5.41, 5.74) is 4.30. The number of imidazole rings is 1. The second kappa shape index (κ2) is 19.7. The van der Waals surface area contributed by atoms with Crippen LogP contribution in [0.3, 0.4) is 0 Å². The lowest BCUT2D eigenvalue weighted by atomic mass is 9.87. The number of aliphatic hydroxyl groups excluding tert-OH is 2. The van der Waals surface area contributed by atoms with Crippen LogP contribution in [0.2, 0.25) is 0 Å². The molecular formula is C21H42N7O19P3S. The van der Waals surface area contributed by atoms with Crippen LogP contribution in [0.1, 0.15) is 26.5 Å². The molecule has 0 radical (unpaired) electrons. The molecule has 3 heterocycles. The highest BCUT2D eigenvalue weighted by Gasteiger charge is 2.50. The number of anilines is 1. The second-order valence-corrected chi connectivity index (χ2v) is 15.5. The van der Waals surface area contributed by atoms with Crippen LogP contribution >= 0.6 is 36.1 Å². The van der Waals surface area contributed by atoms with Crippen molar-refractivity contribution in [2.45, 2.75) is 50.9 Å². The van der Waals surface area contributed by atoms with Crippen LogP contribution in [0.25, 0.3) is 11.2 Å². The number of aromatic nitrogens is 4. The van der Waals surface area contributed by atoms with E-state index in [2.05, 4.69) is 47.0 Å². The van der Waals surface area contributed by atoms with Crippen molar-refractivity contribution in [2.75, 3.05) is 37.8 Å². The Kier molecular flexibility index (Phi) is 18.9. The predicted octanol–water partition coefficient (Wildman–Crippen LogP) is -4.14. The first-order valence-corrected chi connectivity index (χ1v) is 18.8. The van der Waals surface area contributed by atoms with E-state index in [4.69, 9.17) is 19.5 Å². The number of aliphatic hydroxyl groups is 2. The van der Waals surface area contributed by atoms with Crippen LogP contribution in [0, 0.1) is 5.41 Å². The quantitative estimate of drug-likeness (QED) is 0.0504. The molecule has 2 aromatic rings. The van der Waals surface area contributed by atoms with Gasteiger partial charge >= 0.3 is 23.5 Å². The van der Waals surface area contributed by atoms with Crippen molar-refractivity contribution in [1.82, 2.24) is 30.2 Å². The number of carbonyl (C=O) groups is 2. The summed E-state index contributed by atoms with van der Waals surface area (Å²) >= 11 is 3.95. The number of hydrogen-bond donors (Lipinski definition) is 10. The molecule has 2 aromatic heterocycles. The molecule has 7 atom stereocenters. The Morgan fingerprint density at radius 2 is 1.69 bits per heavy atom. The number of thiol groups is 1. The number of rotatable bonds is 18. The fourth-order valence-electron chi connectivity index (χ4n) is 4.14. The van der Waals surface area contributed by atoms with Crippen molar-refractivity contribution >= 4 is 64.9 Å². The number of nitrogens with two attached hydrogens (primary N) is 1. The van der Waals surface area contributed by atoms with E-state index < -0.39 is 78.6 Å². The van der Waals surface area contributed by atoms with E-state index in [9.17, 15) is 53.1 Å². The molecule has 2 unspecified atom stereocenters. The van der Waals surface area contributed by atoms with E-state index in [0.29, 0.717) is 12.3 Å². The molecule has 0 bridgehead atoms. The van der Waals surface area contributed by atoms with Gasteiger partial charge in [0.25, 0.3) is 0 Å². The van der Waals surface area contributed by atoms with Gasteiger partial charge in [-0.1, -0.05) is 13.8 Å². The standard InChI is InChI=1S/C21H36N7O16P3S.3H2O/c1-21(2,16(31)19(32)24-4-3-12(29)23-5-6-48)8-41-47(38,39)44-46(36,37)40-7-11-15(43-45(33,34)35)14(30)20(42-11)28-10-27-13-17(22)25-9-26-18(13)28;;;/h9-11,14-16,20,30-31,48H,3-8H2,1-2H3,(H,23,29)(H,24,32)(H,36,37)(H,38,39)(H2,22,25,26)(H2,33,34,35);3*1H2/t11-,14-,15-,16+,20-;;;/m1.../s1. The summed E-state index contributed by atoms with van der Waals surface area (Å²) in [6.07, 6.45) is -6.74. The fourth-order valence-corrected chi connectivity index (χ4v) is 7.08. The average Bonchev–Trinajstić information content (AvgIpc) is 3.54. The van der Waals surface area contributed by atoms with Gasteiger partial charge in [-0.3, -0.25) is 27.7 Å². The Hall–Kier alpha value is -2.23. The maximum absolute atomic E-state index is 12.6. The van der Waals surface area contributed by atoms with Gasteiger partial charge in [0.05, 0.1) is 19.5 Å². The fraction of sp³-hybridized carbons (Fsp3) is 0.667. The molecule has 16 N–H and O–H groups in total. The lowest BCUT2D eigenvalue weighted by molar-refractivity contribution is -0.137. The number of hydrogen-bond acceptors (Lipinski definition) is 17. The maximum Gasteiger partial charge on any atom is 0.481 e. The highest BCUT2D eigenvalue weighted by Crippen LogP contribution is 2.61. The van der Waals surface area contributed by atoms with Gasteiger partial charge < -0.3 is 67.3 Å². The van der Waals surface area contributed by atoms with Gasteiger partial charge in [-0.2, -0.15) is 16.9 Å². The molecule has 26 nitrogen and oxygen atoms in total. The number of phosphoric acid groups is 3. The maximum atomic E-state index is 12.6. The van der Waals surface area contributed by atoms with Gasteiger partial charge in [0.15, 0.2) is 17.7 Å². The van der Waals surface area contributed by atoms with E-state index in [1.807, 2.05) is 0 Å². The van der Waals surface area contributed by atoms with E-state index in [0.717, 1.165) is 17.2 Å². The lowest BCUT2D eigenvalue weighted by Crippen LogP contribution is -2.46. The molecule has 0 aliphatic carbocycles. The molecule has 296 valence electrons. The number of ether oxygens (including phenoxy) is 1. The minimum Gasteiger partial charge on any atom is -0.412 e. The zero-order valence-corrected chi connectivity index (χ0v) is 30.3. The summed E-state index contributed by atoms with van der Waals surface area (Å²) in [6, 6.07) is 0. The van der Waals surface area contributed by atoms with Gasteiger partial charge in [-0.15, -0.1) is 0 Å². The summed E-state index contributed by atoms with van der Waals surface area (Å²) in [5, 5.41) is 26.1. The van der Waals surface area contributed by atoms with Crippen LogP contribution in [0.4, 0.5) is 5.82 Å². The van der Waals surface area contributed by atoms with Crippen molar-refractivity contribution in [3.63, 3.8) is 0 Å². The summed E-state index contributed by atoms with van der Waals surface area (Å²) in [4.78, 5) is 74.6. The molecule has 30 heteroatoms. The molecule has 2 amide bonds. The van der Waals surface area contributed by atoms with Gasteiger partial charge in [0.2, 0.25) is 11.8 Å². The van der Waals surface area contributed by atoms with E-state index in [1.165, 1.54) is 13.8 Å². The molecule has 0 saturated carbocycles. The van der Waals surface area contributed by atoms with Gasteiger partial charge in [0.1, 0.15) is 36.3 Å². The number of nitrogens with zero attached hydrogens (tertiary/aromatic N) is 4. The Morgan fingerprint density at radius 3 is 2.29 bits per heavy atom. The first-order valence-electron chi connectivity index (χ1n) is 13.7. The van der Waals surface area contributed by atoms with Crippen molar-refractivity contribution in [2.24, 2.45) is 5.41 Å². The van der Waals surface area contributed by atoms with Crippen LogP contribution in [-0.2, 0) is 45.9 Å². The number of amides is 2. The van der Waals surface area contributed by atoms with Crippen LogP contribution in [0.5, 0.6) is 0 Å². The van der Waals surface area contributed by atoms with E-state index >= 15 is 0 Å². The van der Waals surface area contributed by atoms with Gasteiger partial charge in [-0.25, -0.2) is 28.6 Å². The SMILES string of the molecule is CC(C)(COP(=O)(O)OP(=O)(O)OC[C@H]1O[C@@H](n2cnc3c(N)ncnc32)[C@H](O)[C@@H]1OP(=O)(O)O)[C@@H](O)C(=O)NCCC(=O)NCCS.O.O.O. The van der Waals surface area contributed by atoms with Crippen molar-refractivity contribution in [3.05, 3.63) is 12.7 Å². The van der Waals surface area contributed by atoms with Crippen LogP contribution < -0.4 is 16.4 Å². The molecule has 1 aliphatic rings. The average molecular weight is 822 g/mol. The number of carbonyl (C=O) groups excluding carboxylic acids is 2. The minimum atomic E-state index is -5.54. The molecule has 3 rings (SSSR count). The summed E-state index contributed by atoms with van der Waals surface area (Å²) < 4.78 is 61.7. The van der Waals surface area contributed by atoms with E-state index in [1.54, 1.807) is 0 Å². The first kappa shape index (κ1) is 48.8. The van der Waals surface area contributed by atoms with Gasteiger partial charge in [-0.05, 0) is 0 Å². The molecular weight excluding hydrogens is 779 g/mol. The van der Waals surface area contributed by atoms with Crippen molar-refractivity contribution in [1.29, 1.82) is 0 Å². The van der Waals surface area contributed by atoms with Crippen molar-refractivity contribution < 1.29 is 92.1 Å². The van der Waals surface area contributed by atoms with Crippen molar-refractivity contribution in [3.8, 4) is 0 Å². The number of fused-ring (bicyclic) bond motifs is 1. The van der Waals surface area contributed by atoms with Crippen LogP contribution in [-0.4, -0.2) is 134 Å². The monoisotopic (exact) mass is 821 g/mol. The number of nitrogen functional groups attached to an aromatic ring is 1. The molecule has 0 spiro atoms. The first-order chi connectivity index (χ1) is 22.2. The Morgan fingerprint density at radius 1 is 1.06 bits per heavy atom. The van der Waals surface area contributed by atoms with E-state index in [-0.39, 0.29) is 52.3 Å². The Balaban J connectivity index is 0.00000833. The normalized spacial score (nSPS) is 22.0. The van der Waals surface area contributed by atoms with Crippen LogP contribution in [0.15, 0.2) is 12.7 Å². The Bertz CT molecular complexity index is 1600. The smallest absolute Gasteiger partial charge is 0.412 e. The molecule has 0 aromatic carbocycles. The zero-order valence-electron chi connectivity index (χ0n) is 26.7. The predicted molar refractivity (Wildman–Crippen MR) is 174 cm³/mol. The second-order valence-electron chi connectivity index (χ2n) is 10.8. The highest BCUT2D eigenvalue weighted by molar-refractivity contribution is 7.80. The lowest BCUT2D eigenvalue weighted by Gasteiger charge is -2.30. The Labute approximate surface area is 293 Å². The topological polar surface area (TPSA) is 441 Å². The summed E-state index contributed by atoms with van der Waals surface area (Å²) in [5.74, 6) is -0.943. The third-order valence-corrected chi connectivity index (χ3v) is 9.83. The molecule has 1 saturated heterocycles.